The van der Waals surface area contributed by atoms with Gasteiger partial charge in [0.15, 0.2) is 0 Å². The predicted molar refractivity (Wildman–Crippen MR) is 83.5 cm³/mol. The SMILES string of the molecule is CCCOc1ccc(CBr)c(OCc2cccs2)c1. The predicted octanol–water partition coefficient (Wildman–Crippen LogP) is 5.01. The van der Waals surface area contributed by atoms with E-state index >= 15 is 0 Å². The fourth-order valence-electron chi connectivity index (χ4n) is 1.63. The quantitative estimate of drug-likeness (QED) is 0.659. The molecule has 2 nitrogen and oxygen atoms in total. The van der Waals surface area contributed by atoms with Gasteiger partial charge in [0.05, 0.1) is 6.61 Å². The van der Waals surface area contributed by atoms with E-state index < -0.39 is 0 Å². The van der Waals surface area contributed by atoms with Gasteiger partial charge in [0.1, 0.15) is 18.1 Å². The first-order valence-electron chi connectivity index (χ1n) is 6.30. The summed E-state index contributed by atoms with van der Waals surface area (Å²) in [4.78, 5) is 1.22. The fraction of sp³-hybridized carbons (Fsp3) is 0.333. The maximum absolute atomic E-state index is 5.89. The Labute approximate surface area is 126 Å². The molecule has 0 saturated heterocycles. The highest BCUT2D eigenvalue weighted by molar-refractivity contribution is 9.08. The molecule has 4 heteroatoms. The zero-order chi connectivity index (χ0) is 13.5. The molecule has 0 bridgehead atoms. The summed E-state index contributed by atoms with van der Waals surface area (Å²) in [6.07, 6.45) is 1.01. The zero-order valence-corrected chi connectivity index (χ0v) is 13.3. The van der Waals surface area contributed by atoms with Crippen molar-refractivity contribution in [3.63, 3.8) is 0 Å². The molecule has 1 heterocycles. The number of thiophene rings is 1. The monoisotopic (exact) mass is 340 g/mol. The number of hydrogen-bond donors (Lipinski definition) is 0. The second-order valence-electron chi connectivity index (χ2n) is 4.12. The molecular weight excluding hydrogens is 324 g/mol. The summed E-state index contributed by atoms with van der Waals surface area (Å²) in [6.45, 7) is 3.44. The normalized spacial score (nSPS) is 10.4. The van der Waals surface area contributed by atoms with E-state index in [0.717, 1.165) is 35.4 Å². The number of hydrogen-bond acceptors (Lipinski definition) is 3. The summed E-state index contributed by atoms with van der Waals surface area (Å²) >= 11 is 5.19. The standard InChI is InChI=1S/C15H17BrO2S/c1-2-7-17-13-6-5-12(10-16)15(9-13)18-11-14-4-3-8-19-14/h3-6,8-9H,2,7,10-11H2,1H3. The van der Waals surface area contributed by atoms with Gasteiger partial charge in [-0.15, -0.1) is 11.3 Å². The van der Waals surface area contributed by atoms with Crippen LogP contribution < -0.4 is 9.47 Å². The van der Waals surface area contributed by atoms with Crippen molar-refractivity contribution in [2.45, 2.75) is 25.3 Å². The van der Waals surface area contributed by atoms with E-state index in [9.17, 15) is 0 Å². The van der Waals surface area contributed by atoms with Crippen LogP contribution >= 0.6 is 27.3 Å². The molecule has 0 unspecified atom stereocenters. The van der Waals surface area contributed by atoms with Crippen molar-refractivity contribution in [2.24, 2.45) is 0 Å². The lowest BCUT2D eigenvalue weighted by Crippen LogP contribution is -1.99. The molecule has 19 heavy (non-hydrogen) atoms. The Morgan fingerprint density at radius 1 is 1.21 bits per heavy atom. The highest BCUT2D eigenvalue weighted by Gasteiger charge is 2.06. The average Bonchev–Trinajstić information content (AvgIpc) is 2.96. The third-order valence-corrected chi connectivity index (χ3v) is 4.06. The lowest BCUT2D eigenvalue weighted by Gasteiger charge is -2.12. The molecule has 0 saturated carbocycles. The molecule has 102 valence electrons. The number of benzene rings is 1. The van der Waals surface area contributed by atoms with Crippen LogP contribution in [0, 0.1) is 0 Å². The van der Waals surface area contributed by atoms with Crippen molar-refractivity contribution in [3.8, 4) is 11.5 Å². The van der Waals surface area contributed by atoms with Gasteiger partial charge in [-0.05, 0) is 23.9 Å². The zero-order valence-electron chi connectivity index (χ0n) is 10.9. The van der Waals surface area contributed by atoms with E-state index in [1.54, 1.807) is 11.3 Å². The van der Waals surface area contributed by atoms with Gasteiger partial charge in [-0.2, -0.15) is 0 Å². The lowest BCUT2D eigenvalue weighted by atomic mass is 10.2. The van der Waals surface area contributed by atoms with Crippen molar-refractivity contribution < 1.29 is 9.47 Å². The number of alkyl halides is 1. The summed E-state index contributed by atoms with van der Waals surface area (Å²) in [5, 5.41) is 2.84. The smallest absolute Gasteiger partial charge is 0.127 e. The minimum atomic E-state index is 0.606. The Kier molecular flexibility index (Phi) is 5.73. The van der Waals surface area contributed by atoms with E-state index in [1.165, 1.54) is 4.88 Å². The van der Waals surface area contributed by atoms with Gasteiger partial charge >= 0.3 is 0 Å². The molecule has 0 fully saturated rings. The Hall–Kier alpha value is -1.00. The maximum Gasteiger partial charge on any atom is 0.127 e. The number of ether oxygens (including phenoxy) is 2. The van der Waals surface area contributed by atoms with Crippen LogP contribution in [0.4, 0.5) is 0 Å². The van der Waals surface area contributed by atoms with Crippen LogP contribution in [0.5, 0.6) is 11.5 Å². The molecule has 0 aliphatic carbocycles. The Morgan fingerprint density at radius 3 is 2.79 bits per heavy atom. The van der Waals surface area contributed by atoms with Gasteiger partial charge in [-0.1, -0.05) is 35.0 Å². The first-order valence-corrected chi connectivity index (χ1v) is 8.30. The fourth-order valence-corrected chi connectivity index (χ4v) is 2.71. The van der Waals surface area contributed by atoms with Crippen molar-refractivity contribution in [2.75, 3.05) is 6.61 Å². The summed E-state index contributed by atoms with van der Waals surface area (Å²) in [6, 6.07) is 10.1. The summed E-state index contributed by atoms with van der Waals surface area (Å²) in [5.74, 6) is 1.76. The topological polar surface area (TPSA) is 18.5 Å². The minimum absolute atomic E-state index is 0.606. The molecule has 0 N–H and O–H groups in total. The second-order valence-corrected chi connectivity index (χ2v) is 5.71. The molecule has 2 rings (SSSR count). The third kappa shape index (κ3) is 4.25. The largest absolute Gasteiger partial charge is 0.493 e. The van der Waals surface area contributed by atoms with Crippen LogP contribution in [0.2, 0.25) is 0 Å². The second kappa shape index (κ2) is 7.56. The third-order valence-electron chi connectivity index (χ3n) is 2.61. The van der Waals surface area contributed by atoms with Crippen molar-refractivity contribution >= 4 is 27.3 Å². The minimum Gasteiger partial charge on any atom is -0.493 e. The lowest BCUT2D eigenvalue weighted by molar-refractivity contribution is 0.295. The van der Waals surface area contributed by atoms with E-state index in [4.69, 9.17) is 9.47 Å². The van der Waals surface area contributed by atoms with Crippen LogP contribution in [-0.2, 0) is 11.9 Å². The first kappa shape index (κ1) is 14.4. The van der Waals surface area contributed by atoms with Crippen LogP contribution in [0.3, 0.4) is 0 Å². The van der Waals surface area contributed by atoms with Gasteiger partial charge in [-0.3, -0.25) is 0 Å². The van der Waals surface area contributed by atoms with E-state index in [0.29, 0.717) is 6.61 Å². The average molecular weight is 341 g/mol. The van der Waals surface area contributed by atoms with Crippen molar-refractivity contribution in [1.82, 2.24) is 0 Å². The van der Waals surface area contributed by atoms with Crippen molar-refractivity contribution in [3.05, 3.63) is 46.2 Å². The van der Waals surface area contributed by atoms with E-state index in [1.807, 2.05) is 24.3 Å². The first-order chi connectivity index (χ1) is 9.33. The van der Waals surface area contributed by atoms with Crippen LogP contribution in [-0.4, -0.2) is 6.61 Å². The molecule has 0 aliphatic heterocycles. The Bertz CT molecular complexity index is 497. The summed E-state index contributed by atoms with van der Waals surface area (Å²) < 4.78 is 11.5. The van der Waals surface area contributed by atoms with Crippen molar-refractivity contribution in [1.29, 1.82) is 0 Å². The Balaban J connectivity index is 2.07. The molecule has 1 aromatic heterocycles. The Morgan fingerprint density at radius 2 is 2.11 bits per heavy atom. The van der Waals surface area contributed by atoms with Gasteiger partial charge in [-0.25, -0.2) is 0 Å². The number of rotatable bonds is 7. The van der Waals surface area contributed by atoms with Gasteiger partial charge in [0.2, 0.25) is 0 Å². The van der Waals surface area contributed by atoms with E-state index in [2.05, 4.69) is 34.3 Å². The highest BCUT2D eigenvalue weighted by atomic mass is 79.9. The van der Waals surface area contributed by atoms with Gasteiger partial charge in [0.25, 0.3) is 0 Å². The van der Waals surface area contributed by atoms with Crippen LogP contribution in [0.1, 0.15) is 23.8 Å². The summed E-state index contributed by atoms with van der Waals surface area (Å²) in [7, 11) is 0. The highest BCUT2D eigenvalue weighted by Crippen LogP contribution is 2.28. The molecular formula is C15H17BrO2S. The molecule has 0 atom stereocenters. The molecule has 2 aromatic rings. The van der Waals surface area contributed by atoms with Crippen LogP contribution in [0.15, 0.2) is 35.7 Å². The van der Waals surface area contributed by atoms with E-state index in [-0.39, 0.29) is 0 Å². The number of halogens is 1. The maximum atomic E-state index is 5.89. The van der Waals surface area contributed by atoms with Crippen LogP contribution in [0.25, 0.3) is 0 Å². The molecule has 0 amide bonds. The molecule has 0 aliphatic rings. The molecule has 1 aromatic carbocycles. The summed E-state index contributed by atoms with van der Waals surface area (Å²) in [5.41, 5.74) is 1.14. The van der Waals surface area contributed by atoms with Gasteiger partial charge < -0.3 is 9.47 Å². The molecule has 0 spiro atoms. The van der Waals surface area contributed by atoms with Gasteiger partial charge in [0, 0.05) is 21.8 Å². The molecule has 0 radical (unpaired) electrons.